The second-order valence-electron chi connectivity index (χ2n) is 22.5. The standard InChI is InChI=1S/C58H75N9O9S/c1-7-74-53-51(62-54(68)49-35(2)48(49)44-11-8-9-17-59-44)56(69)67-18-10-12-45(63-67)57(70)76-34-58(4,5)29-43-41-27-37(46-33-77-55(53)61-46)13-14-47(41)66(23-26-75-40-15-24-72-25-16-40)52(43)42-28-38(30-60-50(42)36(3)71-6)64-19-21-65(22-20-64)39-31-73-32-39/h8-9,11,13-14,17,27-28,30,33,35-36,39-40,45,48-49,51,53,63H,7,10,12,15-16,18-26,29,31-32,34H2,1-6H3,(H,62,68)/t35-,36-,45-,48-,49+,51-,53-/m0/s1. The number of rotatable bonds is 14. The highest BCUT2D eigenvalue weighted by Gasteiger charge is 2.54. The van der Waals surface area contributed by atoms with Crippen LogP contribution in [0.1, 0.15) is 100 Å². The number of cyclic esters (lactones) is 1. The van der Waals surface area contributed by atoms with E-state index in [0.717, 1.165) is 108 Å². The van der Waals surface area contributed by atoms with Crippen LogP contribution in [0.15, 0.2) is 60.2 Å². The zero-order valence-corrected chi connectivity index (χ0v) is 46.2. The number of amides is 2. The van der Waals surface area contributed by atoms with Crippen molar-refractivity contribution in [3.8, 4) is 22.5 Å². The molecule has 2 N–H and O–H groups in total. The van der Waals surface area contributed by atoms with E-state index in [2.05, 4.69) is 68.2 Å². The maximum absolute atomic E-state index is 15.0. The van der Waals surface area contributed by atoms with Gasteiger partial charge in [-0.2, -0.15) is 0 Å². The lowest BCUT2D eigenvalue weighted by Crippen LogP contribution is -2.61. The van der Waals surface area contributed by atoms with E-state index < -0.39 is 35.5 Å². The molecule has 5 aliphatic heterocycles. The molecular weight excluding hydrogens is 999 g/mol. The van der Waals surface area contributed by atoms with Crippen molar-refractivity contribution < 1.29 is 42.8 Å². The number of hydrogen-bond donors (Lipinski definition) is 2. The number of carbonyl (C=O) groups is 3. The minimum atomic E-state index is -1.16. The number of aromatic nitrogens is 4. The van der Waals surface area contributed by atoms with Crippen LogP contribution in [0.2, 0.25) is 0 Å². The van der Waals surface area contributed by atoms with Crippen molar-refractivity contribution in [2.45, 2.75) is 116 Å². The number of nitrogens with one attached hydrogen (secondary N) is 2. The molecule has 412 valence electrons. The Morgan fingerprint density at radius 1 is 1.00 bits per heavy atom. The third-order valence-corrected chi connectivity index (χ3v) is 17.6. The number of fused-ring (bicyclic) bond motifs is 6. The summed E-state index contributed by atoms with van der Waals surface area (Å²) >= 11 is 1.40. The normalized spacial score (nSPS) is 26.0. The number of hydrazine groups is 1. The minimum absolute atomic E-state index is 0.0197. The molecule has 0 spiro atoms. The molecule has 4 saturated heterocycles. The van der Waals surface area contributed by atoms with Gasteiger partial charge in [0.2, 0.25) is 5.91 Å². The van der Waals surface area contributed by atoms with Crippen molar-refractivity contribution in [3.05, 3.63) is 82.2 Å². The Kier molecular flexibility index (Phi) is 16.1. The number of hydrogen-bond acceptors (Lipinski definition) is 16. The Bertz CT molecular complexity index is 2900. The fourth-order valence-electron chi connectivity index (χ4n) is 12.1. The number of ether oxygens (including phenoxy) is 6. The molecule has 19 heteroatoms. The van der Waals surface area contributed by atoms with Crippen LogP contribution < -0.4 is 15.6 Å². The molecule has 0 radical (unpaired) electrons. The van der Waals surface area contributed by atoms with Crippen LogP contribution in [0.25, 0.3) is 33.4 Å². The Morgan fingerprint density at radius 2 is 1.82 bits per heavy atom. The van der Waals surface area contributed by atoms with Gasteiger partial charge in [-0.1, -0.05) is 32.9 Å². The lowest BCUT2D eigenvalue weighted by Gasteiger charge is -2.43. The molecule has 0 unspecified atom stereocenters. The van der Waals surface area contributed by atoms with Gasteiger partial charge in [0.25, 0.3) is 5.91 Å². The highest BCUT2D eigenvalue weighted by Crippen LogP contribution is 2.53. The summed E-state index contributed by atoms with van der Waals surface area (Å²) in [7, 11) is 1.73. The molecule has 77 heavy (non-hydrogen) atoms. The van der Waals surface area contributed by atoms with E-state index >= 15 is 4.79 Å². The van der Waals surface area contributed by atoms with Gasteiger partial charge in [0.1, 0.15) is 23.2 Å². The van der Waals surface area contributed by atoms with Gasteiger partial charge in [-0.15, -0.1) is 11.3 Å². The first-order valence-corrected chi connectivity index (χ1v) is 28.7. The van der Waals surface area contributed by atoms with Crippen molar-refractivity contribution >= 4 is 45.7 Å². The summed E-state index contributed by atoms with van der Waals surface area (Å²) < 4.78 is 39.2. The van der Waals surface area contributed by atoms with E-state index in [1.54, 1.807) is 13.3 Å². The number of anilines is 1. The first-order chi connectivity index (χ1) is 37.4. The second kappa shape index (κ2) is 23.1. The van der Waals surface area contributed by atoms with E-state index in [0.29, 0.717) is 63.2 Å². The Labute approximate surface area is 455 Å². The molecule has 1 aliphatic carbocycles. The van der Waals surface area contributed by atoms with Gasteiger partial charge in [0, 0.05) is 123 Å². The van der Waals surface area contributed by atoms with Crippen LogP contribution in [0, 0.1) is 17.3 Å². The summed E-state index contributed by atoms with van der Waals surface area (Å²) in [5.74, 6) is -1.57. The minimum Gasteiger partial charge on any atom is -0.464 e. The number of esters is 1. The zero-order valence-electron chi connectivity index (χ0n) is 45.4. The topological polar surface area (TPSA) is 184 Å². The number of thiazole rings is 1. The maximum atomic E-state index is 15.0. The monoisotopic (exact) mass is 1070 g/mol. The van der Waals surface area contributed by atoms with Crippen molar-refractivity contribution in [2.75, 3.05) is 91.0 Å². The van der Waals surface area contributed by atoms with Gasteiger partial charge in [-0.05, 0) is 87.8 Å². The number of methoxy groups -OCH3 is 1. The Hall–Kier alpha value is -5.38. The molecular formula is C58H75N9O9S. The first kappa shape index (κ1) is 53.6. The first-order valence-electron chi connectivity index (χ1n) is 27.9. The van der Waals surface area contributed by atoms with Gasteiger partial charge in [0.05, 0.1) is 73.6 Å². The van der Waals surface area contributed by atoms with Crippen LogP contribution in [-0.4, -0.2) is 158 Å². The molecule has 1 saturated carbocycles. The highest BCUT2D eigenvalue weighted by molar-refractivity contribution is 7.10. The average molecular weight is 1070 g/mol. The van der Waals surface area contributed by atoms with Gasteiger partial charge in [-0.25, -0.2) is 10.4 Å². The van der Waals surface area contributed by atoms with Gasteiger partial charge in [0.15, 0.2) is 0 Å². The Morgan fingerprint density at radius 3 is 2.56 bits per heavy atom. The molecule has 1 aromatic carbocycles. The fourth-order valence-corrected chi connectivity index (χ4v) is 13.0. The molecule has 11 rings (SSSR count). The van der Waals surface area contributed by atoms with Gasteiger partial charge in [-0.3, -0.25) is 34.3 Å². The average Bonchev–Trinajstić information content (AvgIpc) is 3.97. The molecule has 18 nitrogen and oxygen atoms in total. The van der Waals surface area contributed by atoms with E-state index in [-0.39, 0.29) is 49.1 Å². The van der Waals surface area contributed by atoms with Crippen LogP contribution in [0.3, 0.4) is 0 Å². The van der Waals surface area contributed by atoms with Crippen LogP contribution in [-0.2, 0) is 55.8 Å². The second-order valence-corrected chi connectivity index (χ2v) is 23.4. The number of carbonyl (C=O) groups excluding carboxylic acids is 3. The third-order valence-electron chi connectivity index (χ3n) is 16.7. The quantitative estimate of drug-likeness (QED) is 0.110. The smallest absolute Gasteiger partial charge is 0.324 e. The molecule has 7 atom stereocenters. The predicted octanol–water partition coefficient (Wildman–Crippen LogP) is 6.88. The SMILES string of the molecule is CCO[C@@H]1c2nc(cs2)-c2ccc3c(c2)c(c(-c2cc(N4CCN(C5COC5)CC4)cnc2[C@H](C)OC)n3CCOC2CCOCC2)CC(C)(C)COC(=O)[C@@H]2CCCN(N2)C(=O)[C@H]1NC(=O)[C@@H]1[C@@H](C)[C@H]1c1ccccn1. The van der Waals surface area contributed by atoms with Crippen LogP contribution >= 0.6 is 11.3 Å². The summed E-state index contributed by atoms with van der Waals surface area (Å²) in [6, 6.07) is 13.1. The number of pyridine rings is 2. The molecule has 5 fully saturated rings. The lowest BCUT2D eigenvalue weighted by atomic mass is 9.84. The van der Waals surface area contributed by atoms with E-state index in [4.69, 9.17) is 38.4 Å². The summed E-state index contributed by atoms with van der Waals surface area (Å²) in [5, 5.41) is 8.21. The molecule has 4 aromatic heterocycles. The Balaban J connectivity index is 1.03. The summed E-state index contributed by atoms with van der Waals surface area (Å²) in [6.45, 7) is 18.6. The molecule has 9 heterocycles. The number of benzene rings is 1. The number of nitrogens with zero attached hydrogens (tertiary/aromatic N) is 7. The van der Waals surface area contributed by atoms with Crippen molar-refractivity contribution in [1.82, 2.24) is 40.2 Å². The maximum Gasteiger partial charge on any atom is 0.324 e. The molecule has 5 aromatic rings. The lowest BCUT2D eigenvalue weighted by molar-refractivity contribution is -0.156. The van der Waals surface area contributed by atoms with E-state index in [1.165, 1.54) is 16.3 Å². The highest BCUT2D eigenvalue weighted by atomic mass is 32.1. The van der Waals surface area contributed by atoms with Gasteiger partial charge >= 0.3 is 5.97 Å². The van der Waals surface area contributed by atoms with Crippen molar-refractivity contribution in [3.63, 3.8) is 0 Å². The third kappa shape index (κ3) is 11.3. The van der Waals surface area contributed by atoms with Crippen molar-refractivity contribution in [2.24, 2.45) is 17.3 Å². The van der Waals surface area contributed by atoms with Crippen LogP contribution in [0.4, 0.5) is 5.69 Å². The summed E-state index contributed by atoms with van der Waals surface area (Å²) in [6.07, 6.45) is 5.84. The van der Waals surface area contributed by atoms with Crippen molar-refractivity contribution in [1.29, 1.82) is 0 Å². The molecule has 6 bridgehead atoms. The predicted molar refractivity (Wildman–Crippen MR) is 292 cm³/mol. The summed E-state index contributed by atoms with van der Waals surface area (Å²) in [5.41, 5.74) is 11.1. The summed E-state index contributed by atoms with van der Waals surface area (Å²) in [4.78, 5) is 63.9. The molecule has 6 aliphatic rings. The van der Waals surface area contributed by atoms with Gasteiger partial charge < -0.3 is 43.2 Å². The van der Waals surface area contributed by atoms with E-state index in [9.17, 15) is 9.59 Å². The molecule has 2 amide bonds. The fraction of sp³-hybridized carbons (Fsp3) is 0.586. The number of piperazine rings is 1. The van der Waals surface area contributed by atoms with Crippen LogP contribution in [0.5, 0.6) is 0 Å². The largest absolute Gasteiger partial charge is 0.464 e. The van der Waals surface area contributed by atoms with E-state index in [1.807, 2.05) is 50.5 Å². The zero-order chi connectivity index (χ0) is 53.4.